The normalized spacial score (nSPS) is 25.5. The Morgan fingerprint density at radius 3 is 2.44 bits per heavy atom. The van der Waals surface area contributed by atoms with Crippen molar-refractivity contribution in [3.8, 4) is 0 Å². The van der Waals surface area contributed by atoms with Gasteiger partial charge in [0.1, 0.15) is 0 Å². The Hall–Kier alpha value is -0.380. The van der Waals surface area contributed by atoms with Gasteiger partial charge in [-0.15, -0.1) is 11.3 Å². The Labute approximate surface area is 115 Å². The van der Waals surface area contributed by atoms with Gasteiger partial charge in [0.15, 0.2) is 0 Å². The molecule has 1 aromatic rings. The van der Waals surface area contributed by atoms with Gasteiger partial charge in [-0.1, -0.05) is 6.92 Å². The molecular weight excluding hydrogens is 242 g/mol. The van der Waals surface area contributed by atoms with E-state index in [-0.39, 0.29) is 11.2 Å². The van der Waals surface area contributed by atoms with Crippen molar-refractivity contribution in [2.24, 2.45) is 0 Å². The predicted molar refractivity (Wildman–Crippen MR) is 78.2 cm³/mol. The number of rotatable bonds is 4. The molecule has 2 nitrogen and oxygen atoms in total. The van der Waals surface area contributed by atoms with E-state index in [2.05, 4.69) is 52.1 Å². The van der Waals surface area contributed by atoms with Crippen LogP contribution in [0.1, 0.15) is 50.8 Å². The quantitative estimate of drug-likeness (QED) is 0.897. The molecule has 0 aliphatic carbocycles. The molecule has 18 heavy (non-hydrogen) atoms. The topological polar surface area (TPSA) is 21.3 Å². The van der Waals surface area contributed by atoms with E-state index in [4.69, 9.17) is 4.74 Å². The van der Waals surface area contributed by atoms with Crippen LogP contribution >= 0.6 is 11.3 Å². The molecule has 1 saturated heterocycles. The standard InChI is InChI=1S/C15H25NOS/c1-6-11-7-8-12(18-11)10-16-13-9-14(2,3)17-15(13,4)5/h7-8,13,16H,6,9-10H2,1-5H3. The zero-order valence-electron chi connectivity index (χ0n) is 12.2. The molecular formula is C15H25NOS. The molecule has 102 valence electrons. The Kier molecular flexibility index (Phi) is 3.86. The zero-order valence-corrected chi connectivity index (χ0v) is 13.0. The summed E-state index contributed by atoms with van der Waals surface area (Å²) in [7, 11) is 0. The highest BCUT2D eigenvalue weighted by Crippen LogP contribution is 2.37. The minimum atomic E-state index is -0.0751. The summed E-state index contributed by atoms with van der Waals surface area (Å²) in [5.41, 5.74) is -0.0838. The molecule has 0 radical (unpaired) electrons. The Morgan fingerprint density at radius 1 is 1.28 bits per heavy atom. The summed E-state index contributed by atoms with van der Waals surface area (Å²) < 4.78 is 6.10. The van der Waals surface area contributed by atoms with Crippen LogP contribution in [0.3, 0.4) is 0 Å². The number of ether oxygens (including phenoxy) is 1. The molecule has 3 heteroatoms. The van der Waals surface area contributed by atoms with E-state index in [1.54, 1.807) is 0 Å². The van der Waals surface area contributed by atoms with Gasteiger partial charge in [-0.3, -0.25) is 0 Å². The molecule has 1 aliphatic rings. The van der Waals surface area contributed by atoms with Crippen LogP contribution in [0.15, 0.2) is 12.1 Å². The predicted octanol–water partition coefficient (Wildman–Crippen LogP) is 3.75. The second-order valence-corrected chi connectivity index (χ2v) is 7.58. The van der Waals surface area contributed by atoms with Crippen molar-refractivity contribution in [3.05, 3.63) is 21.9 Å². The Balaban J connectivity index is 1.94. The zero-order chi connectivity index (χ0) is 13.4. The van der Waals surface area contributed by atoms with Gasteiger partial charge >= 0.3 is 0 Å². The minimum absolute atomic E-state index is 0.00873. The summed E-state index contributed by atoms with van der Waals surface area (Å²) in [5, 5.41) is 3.67. The van der Waals surface area contributed by atoms with Crippen molar-refractivity contribution in [1.82, 2.24) is 5.32 Å². The highest BCUT2D eigenvalue weighted by atomic mass is 32.1. The molecule has 0 aromatic carbocycles. The fraction of sp³-hybridized carbons (Fsp3) is 0.733. The van der Waals surface area contributed by atoms with Gasteiger partial charge < -0.3 is 10.1 Å². The van der Waals surface area contributed by atoms with Crippen molar-refractivity contribution in [2.45, 2.75) is 71.2 Å². The lowest BCUT2D eigenvalue weighted by atomic mass is 9.94. The third-order valence-corrected chi connectivity index (χ3v) is 4.89. The van der Waals surface area contributed by atoms with Gasteiger partial charge in [0.05, 0.1) is 11.2 Å². The third-order valence-electron chi connectivity index (χ3n) is 3.66. The van der Waals surface area contributed by atoms with Crippen LogP contribution in [-0.2, 0) is 17.7 Å². The molecule has 1 aromatic heterocycles. The molecule has 0 amide bonds. The van der Waals surface area contributed by atoms with Crippen LogP contribution in [0.2, 0.25) is 0 Å². The lowest BCUT2D eigenvalue weighted by Gasteiger charge is -2.27. The smallest absolute Gasteiger partial charge is 0.0787 e. The number of thiophene rings is 1. The number of hydrogen-bond donors (Lipinski definition) is 1. The first-order chi connectivity index (χ1) is 8.32. The van der Waals surface area contributed by atoms with Crippen LogP contribution in [0, 0.1) is 0 Å². The summed E-state index contributed by atoms with van der Waals surface area (Å²) in [5.74, 6) is 0. The van der Waals surface area contributed by atoms with Gasteiger partial charge in [0, 0.05) is 22.3 Å². The molecule has 0 bridgehead atoms. The summed E-state index contributed by atoms with van der Waals surface area (Å²) in [6, 6.07) is 4.91. The molecule has 1 unspecified atom stereocenters. The Morgan fingerprint density at radius 2 is 1.94 bits per heavy atom. The largest absolute Gasteiger partial charge is 0.368 e. The molecule has 2 rings (SSSR count). The van der Waals surface area contributed by atoms with Crippen molar-refractivity contribution >= 4 is 11.3 Å². The maximum Gasteiger partial charge on any atom is 0.0787 e. The number of hydrogen-bond acceptors (Lipinski definition) is 3. The fourth-order valence-corrected chi connectivity index (χ4v) is 3.72. The lowest BCUT2D eigenvalue weighted by molar-refractivity contribution is -0.0699. The number of aryl methyl sites for hydroxylation is 1. The van der Waals surface area contributed by atoms with Crippen LogP contribution < -0.4 is 5.32 Å². The summed E-state index contributed by atoms with van der Waals surface area (Å²) in [6.45, 7) is 11.9. The highest BCUT2D eigenvalue weighted by Gasteiger charge is 2.45. The van der Waals surface area contributed by atoms with Crippen molar-refractivity contribution in [1.29, 1.82) is 0 Å². The van der Waals surface area contributed by atoms with Crippen molar-refractivity contribution < 1.29 is 4.74 Å². The van der Waals surface area contributed by atoms with E-state index in [1.807, 2.05) is 11.3 Å². The number of nitrogens with one attached hydrogen (secondary N) is 1. The van der Waals surface area contributed by atoms with Crippen LogP contribution in [0.25, 0.3) is 0 Å². The first kappa shape index (κ1) is 14.0. The first-order valence-corrected chi connectivity index (χ1v) is 7.65. The maximum atomic E-state index is 6.10. The Bertz CT molecular complexity index is 408. The molecule has 0 saturated carbocycles. The molecule has 1 fully saturated rings. The summed E-state index contributed by atoms with van der Waals surface area (Å²) >= 11 is 1.91. The molecule has 1 atom stereocenters. The molecule has 1 aliphatic heterocycles. The maximum absolute atomic E-state index is 6.10. The SMILES string of the molecule is CCc1ccc(CNC2CC(C)(C)OC2(C)C)s1. The van der Waals surface area contributed by atoms with Crippen LogP contribution in [0.5, 0.6) is 0 Å². The average Bonchev–Trinajstić information content (AvgIpc) is 2.77. The highest BCUT2D eigenvalue weighted by molar-refractivity contribution is 7.11. The third kappa shape index (κ3) is 3.14. The van der Waals surface area contributed by atoms with Gasteiger partial charge in [0.25, 0.3) is 0 Å². The summed E-state index contributed by atoms with van der Waals surface area (Å²) in [6.07, 6.45) is 2.21. The summed E-state index contributed by atoms with van der Waals surface area (Å²) in [4.78, 5) is 2.89. The molecule has 2 heterocycles. The molecule has 1 N–H and O–H groups in total. The van der Waals surface area contributed by atoms with E-state index in [0.29, 0.717) is 6.04 Å². The molecule has 0 spiro atoms. The van der Waals surface area contributed by atoms with Crippen molar-refractivity contribution in [2.75, 3.05) is 0 Å². The lowest BCUT2D eigenvalue weighted by Crippen LogP contribution is -2.42. The van der Waals surface area contributed by atoms with E-state index in [0.717, 1.165) is 19.4 Å². The van der Waals surface area contributed by atoms with Gasteiger partial charge in [-0.2, -0.15) is 0 Å². The first-order valence-electron chi connectivity index (χ1n) is 6.83. The second-order valence-electron chi connectivity index (χ2n) is 6.32. The van der Waals surface area contributed by atoms with E-state index in [9.17, 15) is 0 Å². The van der Waals surface area contributed by atoms with Crippen molar-refractivity contribution in [3.63, 3.8) is 0 Å². The minimum Gasteiger partial charge on any atom is -0.368 e. The fourth-order valence-electron chi connectivity index (χ4n) is 2.81. The van der Waals surface area contributed by atoms with Gasteiger partial charge in [-0.05, 0) is 52.7 Å². The second kappa shape index (κ2) is 4.95. The average molecular weight is 267 g/mol. The van der Waals surface area contributed by atoms with E-state index >= 15 is 0 Å². The van der Waals surface area contributed by atoms with Gasteiger partial charge in [0.2, 0.25) is 0 Å². The van der Waals surface area contributed by atoms with E-state index < -0.39 is 0 Å². The van der Waals surface area contributed by atoms with Crippen LogP contribution in [-0.4, -0.2) is 17.2 Å². The monoisotopic (exact) mass is 267 g/mol. The van der Waals surface area contributed by atoms with Crippen LogP contribution in [0.4, 0.5) is 0 Å². The van der Waals surface area contributed by atoms with E-state index in [1.165, 1.54) is 9.75 Å². The van der Waals surface area contributed by atoms with Gasteiger partial charge in [-0.25, -0.2) is 0 Å².